The van der Waals surface area contributed by atoms with E-state index in [0.29, 0.717) is 12.2 Å². The summed E-state index contributed by atoms with van der Waals surface area (Å²) in [7, 11) is 4.31. The van der Waals surface area contributed by atoms with E-state index >= 15 is 0 Å². The molecule has 2 aliphatic rings. The molecule has 0 spiro atoms. The highest BCUT2D eigenvalue weighted by Crippen LogP contribution is 2.41. The molecular formula is C13H26O4Si. The lowest BCUT2D eigenvalue weighted by Crippen LogP contribution is -2.37. The number of hydrogen-bond donors (Lipinski definition) is 0. The van der Waals surface area contributed by atoms with Crippen LogP contribution in [0.1, 0.15) is 38.5 Å². The molecule has 18 heavy (non-hydrogen) atoms. The van der Waals surface area contributed by atoms with Crippen molar-refractivity contribution in [1.82, 2.24) is 0 Å². The first-order valence-corrected chi connectivity index (χ1v) is 8.54. The summed E-state index contributed by atoms with van der Waals surface area (Å²) in [6, 6.07) is 0. The van der Waals surface area contributed by atoms with E-state index in [1.165, 1.54) is 25.7 Å². The number of hydrogen-bond acceptors (Lipinski definition) is 4. The highest BCUT2D eigenvalue weighted by Gasteiger charge is 2.43. The Morgan fingerprint density at radius 2 is 2.00 bits per heavy atom. The van der Waals surface area contributed by atoms with E-state index in [9.17, 15) is 0 Å². The van der Waals surface area contributed by atoms with Crippen molar-refractivity contribution in [2.45, 2.75) is 56.7 Å². The average molecular weight is 274 g/mol. The van der Waals surface area contributed by atoms with Crippen LogP contribution in [0.5, 0.6) is 0 Å². The van der Waals surface area contributed by atoms with Crippen LogP contribution in [-0.2, 0) is 18.9 Å². The maximum Gasteiger partial charge on any atom is 0.282 e. The second-order valence-electron chi connectivity index (χ2n) is 5.31. The van der Waals surface area contributed by atoms with Crippen LogP contribution in [0.25, 0.3) is 0 Å². The maximum absolute atomic E-state index is 5.64. The number of epoxide rings is 1. The van der Waals surface area contributed by atoms with Gasteiger partial charge in [-0.2, -0.15) is 0 Å². The summed E-state index contributed by atoms with van der Waals surface area (Å²) in [5, 5.41) is 0. The Bertz CT molecular complexity index is 257. The third kappa shape index (κ3) is 3.54. The summed E-state index contributed by atoms with van der Waals surface area (Å²) in [5.74, 6) is 0.00541. The third-order valence-electron chi connectivity index (χ3n) is 4.19. The Morgan fingerprint density at radius 1 is 1.22 bits per heavy atom. The molecule has 1 saturated carbocycles. The topological polar surface area (TPSA) is 40.2 Å². The van der Waals surface area contributed by atoms with E-state index in [4.69, 9.17) is 18.9 Å². The van der Waals surface area contributed by atoms with Crippen LogP contribution in [0.4, 0.5) is 0 Å². The van der Waals surface area contributed by atoms with Crippen molar-refractivity contribution in [1.29, 1.82) is 0 Å². The first-order chi connectivity index (χ1) is 8.73. The lowest BCUT2D eigenvalue weighted by atomic mass is 9.85. The van der Waals surface area contributed by atoms with Gasteiger partial charge in [0.2, 0.25) is 0 Å². The first-order valence-electron chi connectivity index (χ1n) is 7.12. The molecule has 0 aromatic heterocycles. The minimum atomic E-state index is -0.810. The smallest absolute Gasteiger partial charge is 0.282 e. The van der Waals surface area contributed by atoms with Crippen molar-refractivity contribution in [3.8, 4) is 0 Å². The Balaban J connectivity index is 1.68. The van der Waals surface area contributed by atoms with Crippen LogP contribution < -0.4 is 0 Å². The molecule has 2 fully saturated rings. The van der Waals surface area contributed by atoms with Gasteiger partial charge in [-0.25, -0.2) is 0 Å². The Kier molecular flexibility index (Phi) is 5.21. The van der Waals surface area contributed by atoms with Crippen molar-refractivity contribution < 1.29 is 18.9 Å². The molecule has 5 heteroatoms. The zero-order valence-electron chi connectivity index (χ0n) is 11.8. The second kappa shape index (κ2) is 6.48. The second-order valence-corrected chi connectivity index (χ2v) is 5.89. The van der Waals surface area contributed by atoms with E-state index in [2.05, 4.69) is 0 Å². The largest absolute Gasteiger partial charge is 0.370 e. The van der Waals surface area contributed by atoms with Gasteiger partial charge in [0.15, 0.2) is 0 Å². The molecule has 3 unspecified atom stereocenters. The molecule has 0 aromatic carbocycles. The third-order valence-corrected chi connectivity index (χ3v) is 4.48. The van der Waals surface area contributed by atoms with Crippen LogP contribution in [0.15, 0.2) is 0 Å². The van der Waals surface area contributed by atoms with Gasteiger partial charge in [-0.05, 0) is 31.6 Å². The van der Waals surface area contributed by atoms with Gasteiger partial charge in [-0.15, -0.1) is 0 Å². The van der Waals surface area contributed by atoms with Crippen molar-refractivity contribution in [3.63, 3.8) is 0 Å². The standard InChI is InChI=1S/C13H26O4Si/c1-14-13(15-2,16-9-18)7-3-4-10-5-6-11-12(8-10)17-11/h10-12H,3-9H2,1-2,18H3. The fourth-order valence-electron chi connectivity index (χ4n) is 3.05. The molecule has 1 saturated heterocycles. The van der Waals surface area contributed by atoms with E-state index in [1.54, 1.807) is 14.2 Å². The minimum absolute atomic E-state index is 0.580. The summed E-state index contributed by atoms with van der Waals surface area (Å²) in [6.45, 7) is 0. The summed E-state index contributed by atoms with van der Waals surface area (Å²) in [4.78, 5) is 0. The van der Waals surface area contributed by atoms with E-state index in [1.807, 2.05) is 0 Å². The molecule has 1 heterocycles. The highest BCUT2D eigenvalue weighted by atomic mass is 28.1. The summed E-state index contributed by atoms with van der Waals surface area (Å²) in [5.41, 5.74) is 0. The lowest BCUT2D eigenvalue weighted by Gasteiger charge is -2.30. The van der Waals surface area contributed by atoms with Crippen LogP contribution in [-0.4, -0.2) is 48.9 Å². The Morgan fingerprint density at radius 3 is 2.61 bits per heavy atom. The first kappa shape index (κ1) is 14.5. The molecule has 106 valence electrons. The summed E-state index contributed by atoms with van der Waals surface area (Å²) < 4.78 is 22.0. The van der Waals surface area contributed by atoms with Crippen molar-refractivity contribution >= 4 is 10.2 Å². The Hall–Kier alpha value is 0.0569. The SMILES string of the molecule is COC(CCCC1CCC2OC2C1)(OC)OC[SiH3]. The molecule has 1 aliphatic carbocycles. The van der Waals surface area contributed by atoms with Gasteiger partial charge in [0.25, 0.3) is 5.97 Å². The van der Waals surface area contributed by atoms with E-state index in [0.717, 1.165) is 35.2 Å². The van der Waals surface area contributed by atoms with E-state index < -0.39 is 5.97 Å². The molecule has 2 rings (SSSR count). The quantitative estimate of drug-likeness (QED) is 0.376. The Labute approximate surface area is 113 Å². The molecule has 1 aliphatic heterocycles. The predicted octanol–water partition coefficient (Wildman–Crippen LogP) is 1.01. The van der Waals surface area contributed by atoms with Gasteiger partial charge in [-0.1, -0.05) is 6.42 Å². The van der Waals surface area contributed by atoms with Gasteiger partial charge in [-0.3, -0.25) is 0 Å². The van der Waals surface area contributed by atoms with E-state index in [-0.39, 0.29) is 0 Å². The summed E-state index contributed by atoms with van der Waals surface area (Å²) in [6.07, 6.45) is 8.87. The molecule has 3 atom stereocenters. The van der Waals surface area contributed by atoms with Crippen LogP contribution >= 0.6 is 0 Å². The zero-order valence-corrected chi connectivity index (χ0v) is 13.8. The molecule has 0 bridgehead atoms. The highest BCUT2D eigenvalue weighted by molar-refractivity contribution is 6.08. The fraction of sp³-hybridized carbons (Fsp3) is 1.00. The van der Waals surface area contributed by atoms with Gasteiger partial charge < -0.3 is 18.9 Å². The molecular weight excluding hydrogens is 248 g/mol. The predicted molar refractivity (Wildman–Crippen MR) is 72.5 cm³/mol. The molecule has 0 N–H and O–H groups in total. The van der Waals surface area contributed by atoms with Gasteiger partial charge >= 0.3 is 0 Å². The number of fused-ring (bicyclic) bond motifs is 1. The maximum atomic E-state index is 5.64. The minimum Gasteiger partial charge on any atom is -0.370 e. The molecule has 4 nitrogen and oxygen atoms in total. The fourth-order valence-corrected chi connectivity index (χ4v) is 3.49. The molecule has 0 radical (unpaired) electrons. The monoisotopic (exact) mass is 274 g/mol. The van der Waals surface area contributed by atoms with Crippen molar-refractivity contribution in [2.75, 3.05) is 20.4 Å². The van der Waals surface area contributed by atoms with Gasteiger partial charge in [0.05, 0.1) is 12.2 Å². The van der Waals surface area contributed by atoms with Crippen molar-refractivity contribution in [2.24, 2.45) is 5.92 Å². The molecule has 0 amide bonds. The number of rotatable bonds is 8. The lowest BCUT2D eigenvalue weighted by molar-refractivity contribution is -0.359. The van der Waals surface area contributed by atoms with Gasteiger partial charge in [0.1, 0.15) is 0 Å². The van der Waals surface area contributed by atoms with Gasteiger partial charge in [0, 0.05) is 37.1 Å². The zero-order chi connectivity index (χ0) is 13.0. The van der Waals surface area contributed by atoms with Crippen LogP contribution in [0, 0.1) is 5.92 Å². The summed E-state index contributed by atoms with van der Waals surface area (Å²) >= 11 is 0. The molecule has 0 aromatic rings. The number of methoxy groups -OCH3 is 2. The number of ether oxygens (including phenoxy) is 4. The average Bonchev–Trinajstić information content (AvgIpc) is 3.16. The normalized spacial score (nSPS) is 31.3. The van der Waals surface area contributed by atoms with Crippen LogP contribution in [0.3, 0.4) is 0 Å². The van der Waals surface area contributed by atoms with Crippen molar-refractivity contribution in [3.05, 3.63) is 0 Å². The van der Waals surface area contributed by atoms with Crippen LogP contribution in [0.2, 0.25) is 0 Å².